The van der Waals surface area contributed by atoms with Gasteiger partial charge in [0, 0.05) is 19.4 Å². The summed E-state index contributed by atoms with van der Waals surface area (Å²) in [6.45, 7) is -0.548. The Morgan fingerprint density at radius 2 is 1.05 bits per heavy atom. The first-order chi connectivity index (χ1) is 17.5. The van der Waals surface area contributed by atoms with Gasteiger partial charge in [0.1, 0.15) is 0 Å². The molecule has 40 heavy (non-hydrogen) atoms. The SMILES string of the molecule is O=C(CCC(F)(F)C(F)(F)C(F)(F)C(F)(F)C(F)(F)C(F)(F)C(F)(F)C(F)(F)F)NCCc1ccc(O)c(O)c1. The maximum absolute atomic E-state index is 13.8. The second-order valence-electron chi connectivity index (χ2n) is 8.07. The van der Waals surface area contributed by atoms with E-state index in [-0.39, 0.29) is 12.0 Å². The Kier molecular flexibility index (Phi) is 9.22. The minimum atomic E-state index is -8.71. The van der Waals surface area contributed by atoms with Crippen LogP contribution in [0.25, 0.3) is 0 Å². The van der Waals surface area contributed by atoms with Crippen molar-refractivity contribution in [1.29, 1.82) is 0 Å². The van der Waals surface area contributed by atoms with Gasteiger partial charge in [-0.25, -0.2) is 0 Å². The molecule has 0 aromatic heterocycles. The van der Waals surface area contributed by atoms with E-state index in [4.69, 9.17) is 5.11 Å². The summed E-state index contributed by atoms with van der Waals surface area (Å²) >= 11 is 0. The fourth-order valence-corrected chi connectivity index (χ4v) is 2.78. The lowest BCUT2D eigenvalue weighted by atomic mass is 9.88. The number of amides is 1. The van der Waals surface area contributed by atoms with E-state index in [1.165, 1.54) is 6.07 Å². The van der Waals surface area contributed by atoms with Crippen molar-refractivity contribution in [1.82, 2.24) is 5.32 Å². The van der Waals surface area contributed by atoms with E-state index in [0.29, 0.717) is 0 Å². The molecule has 4 nitrogen and oxygen atoms in total. The van der Waals surface area contributed by atoms with Gasteiger partial charge in [0.05, 0.1) is 0 Å². The average molecular weight is 627 g/mol. The predicted molar refractivity (Wildman–Crippen MR) is 96.4 cm³/mol. The van der Waals surface area contributed by atoms with Crippen molar-refractivity contribution in [3.05, 3.63) is 23.8 Å². The third-order valence-electron chi connectivity index (χ3n) is 5.23. The van der Waals surface area contributed by atoms with E-state index in [1.54, 1.807) is 5.32 Å². The molecule has 1 rings (SSSR count). The molecule has 0 aliphatic carbocycles. The Hall–Kier alpha value is -2.90. The van der Waals surface area contributed by atoms with Crippen molar-refractivity contribution in [2.24, 2.45) is 0 Å². The van der Waals surface area contributed by atoms with Gasteiger partial charge < -0.3 is 15.5 Å². The van der Waals surface area contributed by atoms with Gasteiger partial charge in [-0.3, -0.25) is 4.79 Å². The lowest BCUT2D eigenvalue weighted by Gasteiger charge is -2.42. The lowest BCUT2D eigenvalue weighted by molar-refractivity contribution is -0.461. The van der Waals surface area contributed by atoms with Gasteiger partial charge in [0.25, 0.3) is 0 Å². The average Bonchev–Trinajstić information content (AvgIpc) is 2.78. The van der Waals surface area contributed by atoms with E-state index in [1.807, 2.05) is 0 Å². The molecule has 0 saturated heterocycles. The number of benzene rings is 1. The largest absolute Gasteiger partial charge is 0.504 e. The van der Waals surface area contributed by atoms with Gasteiger partial charge in [-0.15, -0.1) is 0 Å². The standard InChI is InChI=1S/C19H14F17NO3/c20-12(21,5-3-11(40)37-6-4-8-1-2-9(38)10(39)7-8)13(22,23)14(24,25)15(26,27)16(28,29)17(30,31)18(32,33)19(34,35)36/h1-2,7,38-39H,3-6H2,(H,37,40). The van der Waals surface area contributed by atoms with Gasteiger partial charge >= 0.3 is 47.6 Å². The second-order valence-corrected chi connectivity index (χ2v) is 8.07. The van der Waals surface area contributed by atoms with Crippen LogP contribution in [0.3, 0.4) is 0 Å². The lowest BCUT2D eigenvalue weighted by Crippen LogP contribution is -2.74. The molecule has 0 aliphatic rings. The summed E-state index contributed by atoms with van der Waals surface area (Å²) in [7, 11) is 0. The zero-order valence-electron chi connectivity index (χ0n) is 18.8. The maximum atomic E-state index is 13.8. The Balaban J connectivity index is 3.12. The molecule has 0 radical (unpaired) electrons. The van der Waals surface area contributed by atoms with Crippen LogP contribution in [0.2, 0.25) is 0 Å². The van der Waals surface area contributed by atoms with E-state index in [0.717, 1.165) is 12.1 Å². The fourth-order valence-electron chi connectivity index (χ4n) is 2.78. The summed E-state index contributed by atoms with van der Waals surface area (Å²) in [5.41, 5.74) is 0.170. The predicted octanol–water partition coefficient (Wildman–Crippen LogP) is 6.55. The topological polar surface area (TPSA) is 69.6 Å². The van der Waals surface area contributed by atoms with Crippen molar-refractivity contribution in [2.45, 2.75) is 66.9 Å². The Morgan fingerprint density at radius 1 is 0.625 bits per heavy atom. The van der Waals surface area contributed by atoms with Gasteiger partial charge in [-0.2, -0.15) is 74.6 Å². The van der Waals surface area contributed by atoms with Crippen LogP contribution in [0, 0.1) is 0 Å². The highest BCUT2D eigenvalue weighted by molar-refractivity contribution is 5.75. The van der Waals surface area contributed by atoms with Crippen molar-refractivity contribution < 1.29 is 89.6 Å². The molecular weight excluding hydrogens is 613 g/mol. The zero-order valence-corrected chi connectivity index (χ0v) is 18.8. The Morgan fingerprint density at radius 3 is 1.48 bits per heavy atom. The number of phenols is 2. The zero-order chi connectivity index (χ0) is 32.0. The number of carbonyl (C=O) groups excluding carboxylic acids is 1. The van der Waals surface area contributed by atoms with E-state index in [2.05, 4.69) is 0 Å². The highest BCUT2D eigenvalue weighted by Gasteiger charge is 2.95. The third-order valence-corrected chi connectivity index (χ3v) is 5.23. The van der Waals surface area contributed by atoms with Gasteiger partial charge in [0.15, 0.2) is 11.5 Å². The third kappa shape index (κ3) is 5.64. The Labute approximate surface area is 210 Å². The minimum absolute atomic E-state index is 0.170. The molecule has 3 N–H and O–H groups in total. The van der Waals surface area contributed by atoms with Crippen LogP contribution in [0.1, 0.15) is 18.4 Å². The minimum Gasteiger partial charge on any atom is -0.504 e. The van der Waals surface area contributed by atoms with Crippen molar-refractivity contribution in [3.63, 3.8) is 0 Å². The first-order valence-electron chi connectivity index (χ1n) is 10.0. The number of alkyl halides is 17. The van der Waals surface area contributed by atoms with Crippen LogP contribution >= 0.6 is 0 Å². The maximum Gasteiger partial charge on any atom is 0.460 e. The summed E-state index contributed by atoms with van der Waals surface area (Å²) in [4.78, 5) is 11.5. The highest BCUT2D eigenvalue weighted by atomic mass is 19.4. The number of hydrogen-bond donors (Lipinski definition) is 3. The number of hydrogen-bond acceptors (Lipinski definition) is 3. The van der Waals surface area contributed by atoms with Crippen LogP contribution in [0.4, 0.5) is 74.6 Å². The van der Waals surface area contributed by atoms with Crippen molar-refractivity contribution in [2.75, 3.05) is 6.54 Å². The number of aromatic hydroxyl groups is 2. The molecule has 232 valence electrons. The molecule has 0 bridgehead atoms. The fraction of sp³-hybridized carbons (Fsp3) is 0.632. The first-order valence-corrected chi connectivity index (χ1v) is 10.0. The molecule has 0 heterocycles. The molecule has 0 saturated carbocycles. The van der Waals surface area contributed by atoms with E-state index < -0.39 is 84.4 Å². The summed E-state index contributed by atoms with van der Waals surface area (Å²) in [5.74, 6) is -60.0. The highest BCUT2D eigenvalue weighted by Crippen LogP contribution is 2.64. The smallest absolute Gasteiger partial charge is 0.460 e. The van der Waals surface area contributed by atoms with Crippen molar-refractivity contribution in [3.8, 4) is 11.5 Å². The summed E-state index contributed by atoms with van der Waals surface area (Å²) < 4.78 is 225. The van der Waals surface area contributed by atoms with E-state index >= 15 is 0 Å². The second kappa shape index (κ2) is 10.5. The number of halogens is 17. The quantitative estimate of drug-likeness (QED) is 0.182. The normalized spacial score (nSPS) is 14.8. The molecular formula is C19H14F17NO3. The number of phenolic OH excluding ortho intramolecular Hbond substituents is 2. The number of rotatable bonds is 12. The summed E-state index contributed by atoms with van der Waals surface area (Å²) in [5, 5.41) is 20.1. The molecule has 21 heteroatoms. The van der Waals surface area contributed by atoms with Crippen molar-refractivity contribution >= 4 is 5.91 Å². The van der Waals surface area contributed by atoms with Crippen LogP contribution < -0.4 is 5.32 Å². The first kappa shape index (κ1) is 35.1. The van der Waals surface area contributed by atoms with Crippen LogP contribution in [0.15, 0.2) is 18.2 Å². The Bertz CT molecular complexity index is 1070. The molecule has 1 amide bonds. The monoisotopic (exact) mass is 627 g/mol. The molecule has 1 aromatic carbocycles. The van der Waals surface area contributed by atoms with Gasteiger partial charge in [-0.05, 0) is 24.1 Å². The number of nitrogens with one attached hydrogen (secondary N) is 1. The van der Waals surface area contributed by atoms with Crippen LogP contribution in [0.5, 0.6) is 11.5 Å². The molecule has 0 fully saturated rings. The van der Waals surface area contributed by atoms with Gasteiger partial charge in [-0.1, -0.05) is 6.07 Å². The summed E-state index contributed by atoms with van der Waals surface area (Å²) in [6, 6.07) is 3.08. The molecule has 0 atom stereocenters. The van der Waals surface area contributed by atoms with E-state index in [9.17, 15) is 84.5 Å². The van der Waals surface area contributed by atoms with Gasteiger partial charge in [0.2, 0.25) is 5.91 Å². The molecule has 0 unspecified atom stereocenters. The molecule has 0 spiro atoms. The summed E-state index contributed by atoms with van der Waals surface area (Å²) in [6.07, 6.45) is -12.9. The number of carbonyl (C=O) groups is 1. The van der Waals surface area contributed by atoms with Crippen LogP contribution in [-0.4, -0.2) is 70.3 Å². The molecule has 0 aliphatic heterocycles. The molecule has 1 aromatic rings. The van der Waals surface area contributed by atoms with Crippen LogP contribution in [-0.2, 0) is 11.2 Å².